The second kappa shape index (κ2) is 10.9. The third kappa shape index (κ3) is 5.61. The van der Waals surface area contributed by atoms with Gasteiger partial charge in [0, 0.05) is 18.3 Å². The molecule has 3 rings (SSSR count). The lowest BCUT2D eigenvalue weighted by molar-refractivity contribution is -0.143. The van der Waals surface area contributed by atoms with Crippen LogP contribution in [0.25, 0.3) is 0 Å². The molecule has 8 unspecified atom stereocenters. The van der Waals surface area contributed by atoms with Crippen LogP contribution in [0.1, 0.15) is 92.9 Å². The summed E-state index contributed by atoms with van der Waals surface area (Å²) in [6.07, 6.45) is 7.04. The Balaban J connectivity index is 1.89. The number of rotatable bonds is 9. The van der Waals surface area contributed by atoms with Gasteiger partial charge in [-0.2, -0.15) is 0 Å². The van der Waals surface area contributed by atoms with Crippen molar-refractivity contribution in [3.05, 3.63) is 23.8 Å². The van der Waals surface area contributed by atoms with Crippen molar-refractivity contribution in [2.24, 2.45) is 40.4 Å². The zero-order valence-corrected chi connectivity index (χ0v) is 22.8. The maximum Gasteiger partial charge on any atom is 0.302 e. The number of aliphatic hydroxyl groups excluding tert-OH is 2. The Morgan fingerprint density at radius 3 is 2.51 bits per heavy atom. The summed E-state index contributed by atoms with van der Waals surface area (Å²) in [4.78, 5) is 25.5. The summed E-state index contributed by atoms with van der Waals surface area (Å²) in [5.74, 6) is 1.01. The van der Waals surface area contributed by atoms with Crippen LogP contribution in [-0.2, 0) is 14.3 Å². The summed E-state index contributed by atoms with van der Waals surface area (Å²) in [5.41, 5.74) is 1.23. The number of aliphatic hydroxyl groups is 2. The Labute approximate surface area is 212 Å². The average molecular weight is 489 g/mol. The van der Waals surface area contributed by atoms with Crippen LogP contribution in [0.3, 0.4) is 0 Å². The molecule has 3 aliphatic carbocycles. The van der Waals surface area contributed by atoms with Gasteiger partial charge in [0.1, 0.15) is 0 Å². The molecule has 3 aliphatic rings. The smallest absolute Gasteiger partial charge is 0.302 e. The molecule has 0 aromatic heterocycles. The van der Waals surface area contributed by atoms with Crippen molar-refractivity contribution < 1.29 is 24.5 Å². The normalized spacial score (nSPS) is 38.1. The molecule has 0 spiro atoms. The van der Waals surface area contributed by atoms with E-state index in [0.29, 0.717) is 50.0 Å². The molecule has 2 fully saturated rings. The molecular weight excluding hydrogens is 440 g/mol. The van der Waals surface area contributed by atoms with Crippen molar-refractivity contribution in [1.82, 2.24) is 0 Å². The van der Waals surface area contributed by atoms with Gasteiger partial charge in [0.2, 0.25) is 0 Å². The molecule has 0 aromatic rings. The number of allylic oxidation sites excluding steroid dienone is 2. The van der Waals surface area contributed by atoms with Gasteiger partial charge in [-0.25, -0.2) is 0 Å². The third-order valence-electron chi connectivity index (χ3n) is 10.0. The van der Waals surface area contributed by atoms with E-state index in [-0.39, 0.29) is 29.0 Å². The standard InChI is InChI=1S/C30H48O5/c1-18(2)19(3)8-9-20(4)24-10-11-25(29(24,6)14-15-35-21(5)31)23-17-27(33)26-16-22(32)12-13-30(26,7)28(23)34/h17-18,20,22,24-27,32-33H,3,8-16H2,1-2,4-7H3. The van der Waals surface area contributed by atoms with E-state index in [1.165, 1.54) is 12.5 Å². The van der Waals surface area contributed by atoms with E-state index in [0.717, 1.165) is 31.3 Å². The second-order valence-electron chi connectivity index (χ2n) is 12.6. The molecule has 0 amide bonds. The van der Waals surface area contributed by atoms with E-state index >= 15 is 0 Å². The van der Waals surface area contributed by atoms with Gasteiger partial charge >= 0.3 is 5.97 Å². The molecule has 5 nitrogen and oxygen atoms in total. The van der Waals surface area contributed by atoms with E-state index in [2.05, 4.69) is 34.3 Å². The highest BCUT2D eigenvalue weighted by molar-refractivity contribution is 6.01. The van der Waals surface area contributed by atoms with Crippen molar-refractivity contribution in [3.8, 4) is 0 Å². The lowest BCUT2D eigenvalue weighted by Gasteiger charge is -2.49. The zero-order chi connectivity index (χ0) is 26.1. The first kappa shape index (κ1) is 28.1. The van der Waals surface area contributed by atoms with Gasteiger partial charge in [0.15, 0.2) is 5.78 Å². The third-order valence-corrected chi connectivity index (χ3v) is 10.0. The number of Topliss-reactive ketones (excluding diaryl/α,β-unsaturated/α-hetero) is 1. The number of carbonyl (C=O) groups is 2. The molecule has 0 bridgehead atoms. The molecule has 0 heterocycles. The molecule has 0 saturated heterocycles. The first-order valence-electron chi connectivity index (χ1n) is 13.7. The first-order valence-corrected chi connectivity index (χ1v) is 13.7. The molecule has 0 aromatic carbocycles. The number of fused-ring (bicyclic) bond motifs is 1. The predicted octanol–water partition coefficient (Wildman–Crippen LogP) is 5.64. The van der Waals surface area contributed by atoms with E-state index in [1.807, 2.05) is 13.0 Å². The molecular formula is C30H48O5. The summed E-state index contributed by atoms with van der Waals surface area (Å²) in [6.45, 7) is 17.0. The number of ether oxygens (including phenoxy) is 1. The van der Waals surface area contributed by atoms with E-state index in [1.54, 1.807) is 0 Å². The molecule has 0 aliphatic heterocycles. The number of ketones is 1. The van der Waals surface area contributed by atoms with Crippen LogP contribution in [0.4, 0.5) is 0 Å². The summed E-state index contributed by atoms with van der Waals surface area (Å²) in [6, 6.07) is 0. The Kier molecular flexibility index (Phi) is 8.74. The van der Waals surface area contributed by atoms with Crippen LogP contribution in [0.15, 0.2) is 23.8 Å². The summed E-state index contributed by atoms with van der Waals surface area (Å²) >= 11 is 0. The van der Waals surface area contributed by atoms with E-state index < -0.39 is 17.6 Å². The van der Waals surface area contributed by atoms with Gasteiger partial charge in [0.25, 0.3) is 0 Å². The Hall–Kier alpha value is -1.46. The van der Waals surface area contributed by atoms with Crippen molar-refractivity contribution >= 4 is 11.8 Å². The lowest BCUT2D eigenvalue weighted by atomic mass is 9.55. The predicted molar refractivity (Wildman–Crippen MR) is 138 cm³/mol. The molecule has 8 atom stereocenters. The fourth-order valence-corrected chi connectivity index (χ4v) is 7.49. The van der Waals surface area contributed by atoms with Crippen LogP contribution >= 0.6 is 0 Å². The minimum absolute atomic E-state index is 0.0329. The van der Waals surface area contributed by atoms with Crippen molar-refractivity contribution in [3.63, 3.8) is 0 Å². The van der Waals surface area contributed by atoms with E-state index in [4.69, 9.17) is 4.74 Å². The van der Waals surface area contributed by atoms with Gasteiger partial charge in [-0.05, 0) is 92.1 Å². The van der Waals surface area contributed by atoms with Gasteiger partial charge in [-0.3, -0.25) is 9.59 Å². The maximum absolute atomic E-state index is 14.0. The number of carbonyl (C=O) groups excluding carboxylic acids is 2. The SMILES string of the molecule is C=C(CCC(C)C1CCC(C2=CC(O)C3CC(O)CCC3(C)C2=O)C1(C)CCOC(C)=O)C(C)C. The topological polar surface area (TPSA) is 83.8 Å². The molecule has 0 radical (unpaired) electrons. The van der Waals surface area contributed by atoms with Gasteiger partial charge in [-0.15, -0.1) is 0 Å². The first-order chi connectivity index (χ1) is 16.3. The second-order valence-corrected chi connectivity index (χ2v) is 12.6. The van der Waals surface area contributed by atoms with Crippen LogP contribution in [0, 0.1) is 40.4 Å². The number of hydrogen-bond acceptors (Lipinski definition) is 5. The minimum Gasteiger partial charge on any atom is -0.466 e. The Bertz CT molecular complexity index is 844. The molecule has 2 N–H and O–H groups in total. The molecule has 35 heavy (non-hydrogen) atoms. The van der Waals surface area contributed by atoms with Crippen LogP contribution in [0.5, 0.6) is 0 Å². The largest absolute Gasteiger partial charge is 0.466 e. The zero-order valence-electron chi connectivity index (χ0n) is 22.8. The molecule has 2 saturated carbocycles. The van der Waals surface area contributed by atoms with Gasteiger partial charge in [-0.1, -0.05) is 46.8 Å². The molecule has 198 valence electrons. The Morgan fingerprint density at radius 2 is 1.89 bits per heavy atom. The van der Waals surface area contributed by atoms with Crippen molar-refractivity contribution in [1.29, 1.82) is 0 Å². The lowest BCUT2D eigenvalue weighted by Crippen LogP contribution is -2.52. The fourth-order valence-electron chi connectivity index (χ4n) is 7.49. The highest BCUT2D eigenvalue weighted by Gasteiger charge is 2.56. The summed E-state index contributed by atoms with van der Waals surface area (Å²) < 4.78 is 5.39. The van der Waals surface area contributed by atoms with E-state index in [9.17, 15) is 19.8 Å². The highest BCUT2D eigenvalue weighted by atomic mass is 16.5. The van der Waals surface area contributed by atoms with Crippen LogP contribution in [-0.4, -0.2) is 40.8 Å². The number of esters is 1. The number of hydrogen-bond donors (Lipinski definition) is 2. The Morgan fingerprint density at radius 1 is 1.20 bits per heavy atom. The van der Waals surface area contributed by atoms with Crippen LogP contribution < -0.4 is 0 Å². The summed E-state index contributed by atoms with van der Waals surface area (Å²) in [5, 5.41) is 21.3. The van der Waals surface area contributed by atoms with Gasteiger partial charge in [0.05, 0.1) is 18.8 Å². The van der Waals surface area contributed by atoms with Gasteiger partial charge < -0.3 is 14.9 Å². The van der Waals surface area contributed by atoms with Crippen molar-refractivity contribution in [2.45, 2.75) is 105 Å². The highest BCUT2D eigenvalue weighted by Crippen LogP contribution is 2.59. The van der Waals surface area contributed by atoms with Crippen molar-refractivity contribution in [2.75, 3.05) is 6.61 Å². The maximum atomic E-state index is 14.0. The monoisotopic (exact) mass is 488 g/mol. The minimum atomic E-state index is -0.716. The summed E-state index contributed by atoms with van der Waals surface area (Å²) in [7, 11) is 0. The average Bonchev–Trinajstić information content (AvgIpc) is 3.12. The fraction of sp³-hybridized carbons (Fsp3) is 0.800. The van der Waals surface area contributed by atoms with Crippen LogP contribution in [0.2, 0.25) is 0 Å². The quantitative estimate of drug-likeness (QED) is 0.324. The molecule has 5 heteroatoms.